The number of nitrogens with one attached hydrogen (secondary N) is 1. The second-order valence-corrected chi connectivity index (χ2v) is 7.22. The topological polar surface area (TPSA) is 50.7 Å². The lowest BCUT2D eigenvalue weighted by molar-refractivity contribution is 0.0954. The van der Waals surface area contributed by atoms with Crippen LogP contribution in [-0.2, 0) is 0 Å². The average Bonchev–Trinajstić information content (AvgIpc) is 2.53. The average molecular weight is 316 g/mol. The minimum atomic E-state index is -0.168. The van der Waals surface area contributed by atoms with E-state index in [4.69, 9.17) is 4.74 Å². The molecule has 0 bridgehead atoms. The second kappa shape index (κ2) is 7.62. The molecular formula is C19H28N2O2. The molecule has 0 atom stereocenters. The molecule has 0 unspecified atom stereocenters. The Morgan fingerprint density at radius 1 is 1.22 bits per heavy atom. The lowest BCUT2D eigenvalue weighted by atomic mass is 9.72. The Kier molecular flexibility index (Phi) is 5.80. The maximum atomic E-state index is 12.1. The summed E-state index contributed by atoms with van der Waals surface area (Å²) >= 11 is 0. The fourth-order valence-corrected chi connectivity index (χ4v) is 2.99. The standard InChI is InChI=1S/C19H28N2O2/c1-5-23-17-12-6-14(7-13-17)18(22)21-20-16-10-8-15(9-11-16)19(2,3)4/h6-7,12-13,15H,5,8-11H2,1-4H3,(H,21,22). The summed E-state index contributed by atoms with van der Waals surface area (Å²) in [5.41, 5.74) is 4.74. The minimum Gasteiger partial charge on any atom is -0.494 e. The normalized spacial score (nSPS) is 18.4. The zero-order valence-electron chi connectivity index (χ0n) is 14.7. The van der Waals surface area contributed by atoms with Crippen LogP contribution in [0.1, 0.15) is 63.7 Å². The van der Waals surface area contributed by atoms with Crippen LogP contribution in [0.25, 0.3) is 0 Å². The predicted octanol–water partition coefficient (Wildman–Crippen LogP) is 4.41. The summed E-state index contributed by atoms with van der Waals surface area (Å²) in [5.74, 6) is 1.35. The number of ether oxygens (including phenoxy) is 1. The lowest BCUT2D eigenvalue weighted by Crippen LogP contribution is -2.27. The Balaban J connectivity index is 1.87. The minimum absolute atomic E-state index is 0.168. The van der Waals surface area contributed by atoms with Crippen LogP contribution in [0.15, 0.2) is 29.4 Å². The first-order chi connectivity index (χ1) is 10.9. The van der Waals surface area contributed by atoms with Crippen molar-refractivity contribution in [1.29, 1.82) is 0 Å². The van der Waals surface area contributed by atoms with Gasteiger partial charge in [-0.25, -0.2) is 5.43 Å². The highest BCUT2D eigenvalue weighted by atomic mass is 16.5. The van der Waals surface area contributed by atoms with E-state index in [9.17, 15) is 4.79 Å². The van der Waals surface area contributed by atoms with Gasteiger partial charge >= 0.3 is 0 Å². The molecule has 1 fully saturated rings. The lowest BCUT2D eigenvalue weighted by Gasteiger charge is -2.34. The molecule has 0 aromatic heterocycles. The van der Waals surface area contributed by atoms with Gasteiger partial charge in [0, 0.05) is 11.3 Å². The largest absolute Gasteiger partial charge is 0.494 e. The summed E-state index contributed by atoms with van der Waals surface area (Å²) in [7, 11) is 0. The Morgan fingerprint density at radius 3 is 2.35 bits per heavy atom. The molecular weight excluding hydrogens is 288 g/mol. The van der Waals surface area contributed by atoms with Gasteiger partial charge in [0.1, 0.15) is 5.75 Å². The van der Waals surface area contributed by atoms with Crippen molar-refractivity contribution >= 4 is 11.6 Å². The van der Waals surface area contributed by atoms with Gasteiger partial charge in [-0.2, -0.15) is 5.10 Å². The highest BCUT2D eigenvalue weighted by Crippen LogP contribution is 2.36. The van der Waals surface area contributed by atoms with E-state index in [-0.39, 0.29) is 5.91 Å². The van der Waals surface area contributed by atoms with Gasteiger partial charge in [-0.3, -0.25) is 4.79 Å². The van der Waals surface area contributed by atoms with E-state index in [1.807, 2.05) is 6.92 Å². The third-order valence-corrected chi connectivity index (χ3v) is 4.53. The third-order valence-electron chi connectivity index (χ3n) is 4.53. The molecule has 0 heterocycles. The highest BCUT2D eigenvalue weighted by Gasteiger charge is 2.28. The predicted molar refractivity (Wildman–Crippen MR) is 93.9 cm³/mol. The Hall–Kier alpha value is -1.84. The number of rotatable bonds is 4. The molecule has 1 amide bonds. The van der Waals surface area contributed by atoms with E-state index in [1.54, 1.807) is 24.3 Å². The molecule has 4 nitrogen and oxygen atoms in total. The van der Waals surface area contributed by atoms with Gasteiger partial charge in [0.25, 0.3) is 5.91 Å². The van der Waals surface area contributed by atoms with Crippen molar-refractivity contribution in [2.75, 3.05) is 6.61 Å². The van der Waals surface area contributed by atoms with Crippen LogP contribution in [0.4, 0.5) is 0 Å². The summed E-state index contributed by atoms with van der Waals surface area (Å²) in [6, 6.07) is 7.13. The monoisotopic (exact) mass is 316 g/mol. The van der Waals surface area contributed by atoms with Gasteiger partial charge in [0.2, 0.25) is 0 Å². The molecule has 1 aromatic carbocycles. The zero-order valence-corrected chi connectivity index (χ0v) is 14.7. The van der Waals surface area contributed by atoms with Gasteiger partial charge in [0.15, 0.2) is 0 Å². The van der Waals surface area contributed by atoms with Gasteiger partial charge in [-0.15, -0.1) is 0 Å². The number of amides is 1. The fraction of sp³-hybridized carbons (Fsp3) is 0.579. The molecule has 2 rings (SSSR count). The van der Waals surface area contributed by atoms with Gasteiger partial charge in [-0.1, -0.05) is 20.8 Å². The van der Waals surface area contributed by atoms with Crippen molar-refractivity contribution < 1.29 is 9.53 Å². The molecule has 1 aromatic rings. The maximum Gasteiger partial charge on any atom is 0.271 e. The number of hydrogen-bond acceptors (Lipinski definition) is 3. The van der Waals surface area contributed by atoms with Crippen molar-refractivity contribution in [3.63, 3.8) is 0 Å². The van der Waals surface area contributed by atoms with E-state index in [0.29, 0.717) is 17.6 Å². The third kappa shape index (κ3) is 5.08. The number of carbonyl (C=O) groups is 1. The fourth-order valence-electron chi connectivity index (χ4n) is 2.99. The summed E-state index contributed by atoms with van der Waals surface area (Å²) in [4.78, 5) is 12.1. The molecule has 126 valence electrons. The van der Waals surface area contributed by atoms with Crippen molar-refractivity contribution in [3.05, 3.63) is 29.8 Å². The van der Waals surface area contributed by atoms with E-state index >= 15 is 0 Å². The molecule has 1 N–H and O–H groups in total. The molecule has 0 spiro atoms. The van der Waals surface area contributed by atoms with Crippen molar-refractivity contribution in [2.45, 2.75) is 53.4 Å². The second-order valence-electron chi connectivity index (χ2n) is 7.22. The van der Waals surface area contributed by atoms with Gasteiger partial charge < -0.3 is 4.74 Å². The van der Waals surface area contributed by atoms with E-state index in [1.165, 1.54) is 0 Å². The first-order valence-electron chi connectivity index (χ1n) is 8.48. The summed E-state index contributed by atoms with van der Waals surface area (Å²) in [6.45, 7) is 9.45. The number of hydrazone groups is 1. The van der Waals surface area contributed by atoms with Crippen molar-refractivity contribution in [1.82, 2.24) is 5.43 Å². The molecule has 0 radical (unpaired) electrons. The molecule has 1 saturated carbocycles. The maximum absolute atomic E-state index is 12.1. The highest BCUT2D eigenvalue weighted by molar-refractivity contribution is 5.95. The van der Waals surface area contributed by atoms with E-state index < -0.39 is 0 Å². The molecule has 1 aliphatic rings. The van der Waals surface area contributed by atoms with Gasteiger partial charge in [0.05, 0.1) is 6.61 Å². The quantitative estimate of drug-likeness (QED) is 0.837. The molecule has 0 saturated heterocycles. The zero-order chi connectivity index (χ0) is 16.9. The van der Waals surface area contributed by atoms with Crippen LogP contribution in [-0.4, -0.2) is 18.2 Å². The molecule has 4 heteroatoms. The Bertz CT molecular complexity index is 546. The van der Waals surface area contributed by atoms with Crippen LogP contribution in [0.3, 0.4) is 0 Å². The van der Waals surface area contributed by atoms with Gasteiger partial charge in [-0.05, 0) is 68.2 Å². The van der Waals surface area contributed by atoms with Crippen LogP contribution in [0, 0.1) is 11.3 Å². The summed E-state index contributed by atoms with van der Waals surface area (Å²) in [6.07, 6.45) is 4.26. The Morgan fingerprint density at radius 2 is 1.83 bits per heavy atom. The van der Waals surface area contributed by atoms with Crippen molar-refractivity contribution in [2.24, 2.45) is 16.4 Å². The number of benzene rings is 1. The molecule has 0 aliphatic heterocycles. The van der Waals surface area contributed by atoms with Crippen LogP contribution >= 0.6 is 0 Å². The number of carbonyl (C=O) groups excluding carboxylic acids is 1. The smallest absolute Gasteiger partial charge is 0.271 e. The Labute approximate surface area is 139 Å². The SMILES string of the molecule is CCOc1ccc(C(=O)NN=C2CCC(C(C)(C)C)CC2)cc1. The summed E-state index contributed by atoms with van der Waals surface area (Å²) < 4.78 is 5.37. The number of nitrogens with zero attached hydrogens (tertiary/aromatic N) is 1. The number of hydrogen-bond donors (Lipinski definition) is 1. The van der Waals surface area contributed by atoms with E-state index in [2.05, 4.69) is 31.3 Å². The molecule has 1 aliphatic carbocycles. The summed E-state index contributed by atoms with van der Waals surface area (Å²) in [5, 5.41) is 4.32. The van der Waals surface area contributed by atoms with Crippen LogP contribution in [0.5, 0.6) is 5.75 Å². The van der Waals surface area contributed by atoms with Crippen LogP contribution in [0.2, 0.25) is 0 Å². The first-order valence-corrected chi connectivity index (χ1v) is 8.48. The van der Waals surface area contributed by atoms with E-state index in [0.717, 1.165) is 43.1 Å². The first kappa shape index (κ1) is 17.5. The van der Waals surface area contributed by atoms with Crippen LogP contribution < -0.4 is 10.2 Å². The molecule has 23 heavy (non-hydrogen) atoms. The van der Waals surface area contributed by atoms with Crippen molar-refractivity contribution in [3.8, 4) is 5.75 Å².